The molecule has 0 aromatic heterocycles. The lowest BCUT2D eigenvalue weighted by atomic mass is 9.63. The number of piperidine rings is 1. The molecule has 2 aromatic carbocycles. The monoisotopic (exact) mass is 411 g/mol. The minimum Gasteiger partial charge on any atom is -0.324 e. The Morgan fingerprint density at radius 1 is 1.10 bits per heavy atom. The summed E-state index contributed by atoms with van der Waals surface area (Å²) < 4.78 is 0. The van der Waals surface area contributed by atoms with E-state index in [-0.39, 0.29) is 11.4 Å². The lowest BCUT2D eigenvalue weighted by Gasteiger charge is -2.61. The molecule has 4 rings (SSSR count). The molecule has 1 spiro atoms. The van der Waals surface area contributed by atoms with Gasteiger partial charge in [0.15, 0.2) is 0 Å². The quantitative estimate of drug-likeness (QED) is 0.703. The summed E-state index contributed by atoms with van der Waals surface area (Å²) in [6, 6.07) is 18.5. The number of halogens is 1. The number of rotatable bonds is 4. The van der Waals surface area contributed by atoms with E-state index in [9.17, 15) is 4.79 Å². The molecule has 0 aliphatic carbocycles. The largest absolute Gasteiger partial charge is 0.324 e. The predicted molar refractivity (Wildman–Crippen MR) is 119 cm³/mol. The number of urea groups is 1. The maximum absolute atomic E-state index is 12.7. The van der Waals surface area contributed by atoms with E-state index in [2.05, 4.69) is 36.2 Å². The zero-order chi connectivity index (χ0) is 20.4. The van der Waals surface area contributed by atoms with Crippen molar-refractivity contribution in [3.63, 3.8) is 0 Å². The zero-order valence-corrected chi connectivity index (χ0v) is 18.0. The molecule has 1 atom stereocenters. The van der Waals surface area contributed by atoms with Crippen molar-refractivity contribution in [2.24, 2.45) is 11.3 Å². The third-order valence-corrected chi connectivity index (χ3v) is 6.57. The van der Waals surface area contributed by atoms with Crippen molar-refractivity contribution in [3.8, 4) is 0 Å². The number of nitrogens with one attached hydrogen (secondary N) is 1. The highest BCUT2D eigenvalue weighted by atomic mass is 35.5. The molecule has 2 amide bonds. The molecule has 2 aromatic rings. The third-order valence-electron chi connectivity index (χ3n) is 6.32. The van der Waals surface area contributed by atoms with Crippen LogP contribution < -0.4 is 5.32 Å². The zero-order valence-electron chi connectivity index (χ0n) is 17.3. The number of hydrogen-bond donors (Lipinski definition) is 1. The smallest absolute Gasteiger partial charge is 0.321 e. The summed E-state index contributed by atoms with van der Waals surface area (Å²) in [4.78, 5) is 17.2. The Hall–Kier alpha value is -2.04. The van der Waals surface area contributed by atoms with Gasteiger partial charge in [-0.15, -0.1) is 0 Å². The second-order valence-corrected chi connectivity index (χ2v) is 9.36. The van der Waals surface area contributed by atoms with Crippen LogP contribution >= 0.6 is 11.6 Å². The van der Waals surface area contributed by atoms with Gasteiger partial charge in [0.1, 0.15) is 0 Å². The molecular weight excluding hydrogens is 382 g/mol. The van der Waals surface area contributed by atoms with Gasteiger partial charge in [0.2, 0.25) is 0 Å². The van der Waals surface area contributed by atoms with Crippen molar-refractivity contribution in [1.29, 1.82) is 0 Å². The normalized spacial score (nSPS) is 21.2. The van der Waals surface area contributed by atoms with Crippen LogP contribution in [-0.4, -0.2) is 42.0 Å². The highest BCUT2D eigenvalue weighted by molar-refractivity contribution is 6.30. The molecule has 4 nitrogen and oxygen atoms in total. The number of anilines is 1. The first-order valence-corrected chi connectivity index (χ1v) is 11.0. The fourth-order valence-electron chi connectivity index (χ4n) is 5.02. The van der Waals surface area contributed by atoms with Gasteiger partial charge >= 0.3 is 6.03 Å². The third kappa shape index (κ3) is 4.29. The second kappa shape index (κ2) is 8.37. The number of hydrogen-bond acceptors (Lipinski definition) is 2. The molecule has 2 aliphatic rings. The second-order valence-electron chi connectivity index (χ2n) is 8.92. The number of carbonyl (C=O) groups excluding carboxylic acids is 1. The maximum atomic E-state index is 12.7. The van der Waals surface area contributed by atoms with Gasteiger partial charge in [0.05, 0.1) is 0 Å². The Bertz CT molecular complexity index is 829. The number of amides is 2. The van der Waals surface area contributed by atoms with Gasteiger partial charge in [0.25, 0.3) is 0 Å². The molecule has 2 fully saturated rings. The minimum absolute atomic E-state index is 0.00690. The summed E-state index contributed by atoms with van der Waals surface area (Å²) in [7, 11) is 0. The number of nitrogens with zero attached hydrogens (tertiary/aromatic N) is 2. The standard InChI is InChI=1S/C24H30ClN3O/c1-18(2)16-28-17-24(22(28)19-8-10-20(25)11-9-19)12-14-27(15-13-24)23(29)26-21-6-4-3-5-7-21/h3-11,18,22H,12-17H2,1-2H3,(H,26,29). The van der Waals surface area contributed by atoms with Gasteiger partial charge in [0, 0.05) is 48.3 Å². The lowest BCUT2D eigenvalue weighted by molar-refractivity contribution is -0.111. The predicted octanol–water partition coefficient (Wildman–Crippen LogP) is 5.67. The molecule has 154 valence electrons. The van der Waals surface area contributed by atoms with Crippen LogP contribution in [0.3, 0.4) is 0 Å². The summed E-state index contributed by atoms with van der Waals surface area (Å²) in [6.07, 6.45) is 2.08. The SMILES string of the molecule is CC(C)CN1CC2(CCN(C(=O)Nc3ccccc3)CC2)C1c1ccc(Cl)cc1. The maximum Gasteiger partial charge on any atom is 0.321 e. The van der Waals surface area contributed by atoms with Gasteiger partial charge in [-0.05, 0) is 48.6 Å². The molecule has 5 heteroatoms. The van der Waals surface area contributed by atoms with Gasteiger partial charge in [-0.25, -0.2) is 4.79 Å². The summed E-state index contributed by atoms with van der Waals surface area (Å²) in [6.45, 7) is 8.39. The Morgan fingerprint density at radius 2 is 1.76 bits per heavy atom. The highest BCUT2D eigenvalue weighted by Gasteiger charge is 2.54. The molecule has 1 unspecified atom stereocenters. The van der Waals surface area contributed by atoms with Crippen LogP contribution in [0.15, 0.2) is 54.6 Å². The van der Waals surface area contributed by atoms with Gasteiger partial charge in [-0.3, -0.25) is 4.90 Å². The van der Waals surface area contributed by atoms with Crippen LogP contribution in [0, 0.1) is 11.3 Å². The molecule has 2 saturated heterocycles. The van der Waals surface area contributed by atoms with E-state index >= 15 is 0 Å². The summed E-state index contributed by atoms with van der Waals surface area (Å²) >= 11 is 6.13. The molecule has 2 aliphatic heterocycles. The molecule has 0 saturated carbocycles. The number of para-hydroxylation sites is 1. The van der Waals surface area contributed by atoms with Crippen molar-refractivity contribution < 1.29 is 4.79 Å². The Balaban J connectivity index is 1.44. The van der Waals surface area contributed by atoms with Crippen LogP contribution in [0.25, 0.3) is 0 Å². The summed E-state index contributed by atoms with van der Waals surface area (Å²) in [5, 5.41) is 3.80. The van der Waals surface area contributed by atoms with Crippen molar-refractivity contribution in [2.45, 2.75) is 32.7 Å². The molecule has 0 radical (unpaired) electrons. The van der Waals surface area contributed by atoms with Crippen molar-refractivity contribution >= 4 is 23.3 Å². The minimum atomic E-state index is 0.00690. The van der Waals surface area contributed by atoms with Crippen LogP contribution in [0.5, 0.6) is 0 Å². The molecule has 1 N–H and O–H groups in total. The summed E-state index contributed by atoms with van der Waals surface area (Å²) in [5.41, 5.74) is 2.46. The molecule has 0 bridgehead atoms. The van der Waals surface area contributed by atoms with E-state index in [0.717, 1.165) is 49.7 Å². The first kappa shape index (κ1) is 20.2. The van der Waals surface area contributed by atoms with Crippen LogP contribution in [0.2, 0.25) is 5.02 Å². The Kier molecular flexibility index (Phi) is 5.84. The van der Waals surface area contributed by atoms with Crippen molar-refractivity contribution in [2.75, 3.05) is 31.5 Å². The molecule has 2 heterocycles. The average molecular weight is 412 g/mol. The van der Waals surface area contributed by atoms with Gasteiger partial charge in [-0.1, -0.05) is 55.8 Å². The van der Waals surface area contributed by atoms with E-state index in [1.165, 1.54) is 5.56 Å². The Labute approximate surface area is 178 Å². The topological polar surface area (TPSA) is 35.6 Å². The summed E-state index contributed by atoms with van der Waals surface area (Å²) in [5.74, 6) is 0.638. The van der Waals surface area contributed by atoms with E-state index in [4.69, 9.17) is 11.6 Å². The van der Waals surface area contributed by atoms with Crippen LogP contribution in [0.4, 0.5) is 10.5 Å². The molecule has 29 heavy (non-hydrogen) atoms. The fourth-order valence-corrected chi connectivity index (χ4v) is 5.14. The first-order chi connectivity index (χ1) is 14.0. The number of benzene rings is 2. The van der Waals surface area contributed by atoms with Crippen LogP contribution in [0.1, 0.15) is 38.3 Å². The van der Waals surface area contributed by atoms with Crippen LogP contribution in [-0.2, 0) is 0 Å². The van der Waals surface area contributed by atoms with E-state index < -0.39 is 0 Å². The highest BCUT2D eigenvalue weighted by Crippen LogP contribution is 2.55. The van der Waals surface area contributed by atoms with E-state index in [0.29, 0.717) is 12.0 Å². The van der Waals surface area contributed by atoms with E-state index in [1.54, 1.807) is 0 Å². The van der Waals surface area contributed by atoms with Gasteiger partial charge in [-0.2, -0.15) is 0 Å². The number of likely N-dealkylation sites (tertiary alicyclic amines) is 2. The fraction of sp³-hybridized carbons (Fsp3) is 0.458. The molecular formula is C24H30ClN3O. The van der Waals surface area contributed by atoms with E-state index in [1.807, 2.05) is 47.4 Å². The lowest BCUT2D eigenvalue weighted by Crippen LogP contribution is -2.63. The number of carbonyl (C=O) groups is 1. The Morgan fingerprint density at radius 3 is 2.38 bits per heavy atom. The van der Waals surface area contributed by atoms with Crippen molar-refractivity contribution in [1.82, 2.24) is 9.80 Å². The first-order valence-electron chi connectivity index (χ1n) is 10.6. The average Bonchev–Trinajstić information content (AvgIpc) is 2.70. The van der Waals surface area contributed by atoms with Gasteiger partial charge < -0.3 is 10.2 Å². The van der Waals surface area contributed by atoms with Crippen molar-refractivity contribution in [3.05, 3.63) is 65.2 Å².